The van der Waals surface area contributed by atoms with E-state index in [2.05, 4.69) is 20.8 Å². The van der Waals surface area contributed by atoms with E-state index in [1.807, 2.05) is 32.0 Å². The zero-order valence-electron chi connectivity index (χ0n) is 17.2. The molecule has 0 spiro atoms. The van der Waals surface area contributed by atoms with E-state index in [9.17, 15) is 9.59 Å². The number of methoxy groups -OCH3 is 1. The molecule has 2 heterocycles. The maximum absolute atomic E-state index is 12.8. The van der Waals surface area contributed by atoms with E-state index in [0.29, 0.717) is 31.2 Å². The summed E-state index contributed by atoms with van der Waals surface area (Å²) in [4.78, 5) is 30.9. The molecule has 3 amide bonds. The zero-order valence-corrected chi connectivity index (χ0v) is 17.2. The van der Waals surface area contributed by atoms with Crippen molar-refractivity contribution in [2.45, 2.75) is 39.2 Å². The second kappa shape index (κ2) is 9.04. The topological polar surface area (TPSA) is 110 Å². The number of likely N-dealkylation sites (tertiary alicyclic amines) is 1. The van der Waals surface area contributed by atoms with Crippen LogP contribution in [-0.4, -0.2) is 59.8 Å². The average molecular weight is 401 g/mol. The van der Waals surface area contributed by atoms with E-state index in [0.717, 1.165) is 11.3 Å². The lowest BCUT2D eigenvalue weighted by Gasteiger charge is -2.37. The van der Waals surface area contributed by atoms with Crippen molar-refractivity contribution in [2.75, 3.05) is 32.1 Å². The van der Waals surface area contributed by atoms with Gasteiger partial charge in [-0.3, -0.25) is 4.79 Å². The Hall–Kier alpha value is -2.94. The number of nitrogens with zero attached hydrogens (tertiary/aromatic N) is 3. The molecule has 2 N–H and O–H groups in total. The van der Waals surface area contributed by atoms with Crippen LogP contribution in [0.5, 0.6) is 0 Å². The highest BCUT2D eigenvalue weighted by molar-refractivity contribution is 5.89. The van der Waals surface area contributed by atoms with Crippen LogP contribution in [0.3, 0.4) is 0 Å². The molecule has 1 aliphatic rings. The third kappa shape index (κ3) is 5.11. The van der Waals surface area contributed by atoms with Crippen molar-refractivity contribution in [3.8, 4) is 0 Å². The SMILES string of the molecule is COCC(=O)N[C@@H]1CN(C(=O)Nc2ccc(C)c(C)c2)CC[C@@H]1c1nc(C)no1. The Kier molecular flexibility index (Phi) is 6.48. The molecule has 9 heteroatoms. The van der Waals surface area contributed by atoms with Crippen LogP contribution in [0.2, 0.25) is 0 Å². The number of ether oxygens (including phenoxy) is 1. The molecule has 29 heavy (non-hydrogen) atoms. The smallest absolute Gasteiger partial charge is 0.321 e. The summed E-state index contributed by atoms with van der Waals surface area (Å²) in [6, 6.07) is 5.24. The standard InChI is InChI=1S/C20H27N5O4/c1-12-5-6-15(9-13(12)2)22-20(27)25-8-7-16(19-21-14(3)24-29-19)17(10-25)23-18(26)11-28-4/h5-6,9,16-17H,7-8,10-11H2,1-4H3,(H,22,27)(H,23,26)/t16-,17+/m0/s1. The first-order valence-corrected chi connectivity index (χ1v) is 9.59. The predicted molar refractivity (Wildman–Crippen MR) is 107 cm³/mol. The first-order chi connectivity index (χ1) is 13.9. The van der Waals surface area contributed by atoms with Gasteiger partial charge >= 0.3 is 6.03 Å². The fourth-order valence-corrected chi connectivity index (χ4v) is 3.44. The molecule has 1 aromatic heterocycles. The highest BCUT2D eigenvalue weighted by Crippen LogP contribution is 2.28. The monoisotopic (exact) mass is 401 g/mol. The number of hydrogen-bond donors (Lipinski definition) is 2. The number of piperidine rings is 1. The van der Waals surface area contributed by atoms with Crippen LogP contribution in [0.1, 0.15) is 35.2 Å². The summed E-state index contributed by atoms with van der Waals surface area (Å²) >= 11 is 0. The van der Waals surface area contributed by atoms with Gasteiger partial charge in [0, 0.05) is 25.9 Å². The Morgan fingerprint density at radius 2 is 2.07 bits per heavy atom. The molecule has 1 fully saturated rings. The highest BCUT2D eigenvalue weighted by Gasteiger charge is 2.36. The number of benzene rings is 1. The molecular formula is C20H27N5O4. The Morgan fingerprint density at radius 1 is 1.28 bits per heavy atom. The van der Waals surface area contributed by atoms with Gasteiger partial charge in [-0.1, -0.05) is 11.2 Å². The summed E-state index contributed by atoms with van der Waals surface area (Å²) < 4.78 is 10.2. The van der Waals surface area contributed by atoms with Gasteiger partial charge in [-0.25, -0.2) is 4.79 Å². The molecule has 1 aliphatic heterocycles. The zero-order chi connectivity index (χ0) is 21.0. The number of urea groups is 1. The normalized spacial score (nSPS) is 19.1. The quantitative estimate of drug-likeness (QED) is 0.794. The van der Waals surface area contributed by atoms with Crippen molar-refractivity contribution in [1.82, 2.24) is 20.4 Å². The van der Waals surface area contributed by atoms with Crippen molar-refractivity contribution >= 4 is 17.6 Å². The summed E-state index contributed by atoms with van der Waals surface area (Å²) in [5, 5.41) is 9.72. The minimum absolute atomic E-state index is 0.0546. The summed E-state index contributed by atoms with van der Waals surface area (Å²) in [5.74, 6) is 0.592. The van der Waals surface area contributed by atoms with Gasteiger partial charge < -0.3 is 24.8 Å². The Morgan fingerprint density at radius 3 is 2.72 bits per heavy atom. The van der Waals surface area contributed by atoms with Gasteiger partial charge in [-0.05, 0) is 50.5 Å². The lowest BCUT2D eigenvalue weighted by atomic mass is 9.91. The average Bonchev–Trinajstić information content (AvgIpc) is 3.11. The summed E-state index contributed by atoms with van der Waals surface area (Å²) in [5.41, 5.74) is 3.02. The summed E-state index contributed by atoms with van der Waals surface area (Å²) in [6.45, 7) is 6.57. The number of rotatable bonds is 5. The Bertz CT molecular complexity index is 882. The van der Waals surface area contributed by atoms with Gasteiger partial charge in [0.1, 0.15) is 6.61 Å². The number of nitrogens with one attached hydrogen (secondary N) is 2. The first-order valence-electron chi connectivity index (χ1n) is 9.59. The maximum atomic E-state index is 12.8. The van der Waals surface area contributed by atoms with Crippen molar-refractivity contribution in [3.05, 3.63) is 41.0 Å². The van der Waals surface area contributed by atoms with Crippen LogP contribution in [0.4, 0.5) is 10.5 Å². The maximum Gasteiger partial charge on any atom is 0.321 e. The Labute approximate surface area is 169 Å². The number of amides is 3. The van der Waals surface area contributed by atoms with Crippen LogP contribution >= 0.6 is 0 Å². The molecule has 2 aromatic rings. The van der Waals surface area contributed by atoms with Gasteiger partial charge in [0.05, 0.1) is 12.0 Å². The second-order valence-corrected chi connectivity index (χ2v) is 7.36. The second-order valence-electron chi connectivity index (χ2n) is 7.36. The number of carbonyl (C=O) groups is 2. The van der Waals surface area contributed by atoms with Crippen LogP contribution in [0.15, 0.2) is 22.7 Å². The summed E-state index contributed by atoms with van der Waals surface area (Å²) in [6.07, 6.45) is 0.597. The molecule has 9 nitrogen and oxygen atoms in total. The molecule has 1 aromatic carbocycles. The van der Waals surface area contributed by atoms with E-state index in [4.69, 9.17) is 9.26 Å². The van der Waals surface area contributed by atoms with Gasteiger partial charge in [-0.15, -0.1) is 0 Å². The third-order valence-corrected chi connectivity index (χ3v) is 5.14. The van der Waals surface area contributed by atoms with E-state index in [1.54, 1.807) is 11.8 Å². The fraction of sp³-hybridized carbons (Fsp3) is 0.500. The molecule has 0 radical (unpaired) electrons. The van der Waals surface area contributed by atoms with Gasteiger partial charge in [0.2, 0.25) is 11.8 Å². The van der Waals surface area contributed by atoms with E-state index in [-0.39, 0.29) is 30.5 Å². The molecule has 3 rings (SSSR count). The van der Waals surface area contributed by atoms with Crippen LogP contribution in [0, 0.1) is 20.8 Å². The fourth-order valence-electron chi connectivity index (χ4n) is 3.44. The van der Waals surface area contributed by atoms with E-state index < -0.39 is 0 Å². The minimum Gasteiger partial charge on any atom is -0.375 e. The lowest BCUT2D eigenvalue weighted by molar-refractivity contribution is -0.126. The predicted octanol–water partition coefficient (Wildman–Crippen LogP) is 2.15. The minimum atomic E-state index is -0.350. The number of hydrogen-bond acceptors (Lipinski definition) is 6. The number of carbonyl (C=O) groups excluding carboxylic acids is 2. The molecule has 1 saturated heterocycles. The highest BCUT2D eigenvalue weighted by atomic mass is 16.5. The van der Waals surface area contributed by atoms with Gasteiger partial charge in [-0.2, -0.15) is 4.98 Å². The molecule has 0 saturated carbocycles. The van der Waals surface area contributed by atoms with Crippen LogP contribution in [0.25, 0.3) is 0 Å². The number of aromatic nitrogens is 2. The molecule has 2 atom stereocenters. The Balaban J connectivity index is 1.71. The number of aryl methyl sites for hydroxylation is 3. The van der Waals surface area contributed by atoms with Crippen LogP contribution < -0.4 is 10.6 Å². The van der Waals surface area contributed by atoms with Gasteiger partial charge in [0.15, 0.2) is 5.82 Å². The van der Waals surface area contributed by atoms with Crippen molar-refractivity contribution in [1.29, 1.82) is 0 Å². The molecule has 0 bridgehead atoms. The third-order valence-electron chi connectivity index (χ3n) is 5.14. The lowest BCUT2D eigenvalue weighted by Crippen LogP contribution is -2.54. The van der Waals surface area contributed by atoms with Crippen molar-refractivity contribution in [2.24, 2.45) is 0 Å². The van der Waals surface area contributed by atoms with E-state index in [1.165, 1.54) is 12.7 Å². The van der Waals surface area contributed by atoms with Crippen LogP contribution in [-0.2, 0) is 9.53 Å². The molecular weight excluding hydrogens is 374 g/mol. The van der Waals surface area contributed by atoms with Gasteiger partial charge in [0.25, 0.3) is 0 Å². The van der Waals surface area contributed by atoms with Crippen molar-refractivity contribution in [3.63, 3.8) is 0 Å². The van der Waals surface area contributed by atoms with Crippen molar-refractivity contribution < 1.29 is 18.8 Å². The summed E-state index contributed by atoms with van der Waals surface area (Å²) in [7, 11) is 1.46. The first kappa shape index (κ1) is 20.8. The number of anilines is 1. The molecule has 0 unspecified atom stereocenters. The molecule has 0 aliphatic carbocycles. The molecule has 156 valence electrons. The largest absolute Gasteiger partial charge is 0.375 e. The van der Waals surface area contributed by atoms with E-state index >= 15 is 0 Å².